The third-order valence-corrected chi connectivity index (χ3v) is 4.85. The van der Waals surface area contributed by atoms with E-state index in [2.05, 4.69) is 31.0 Å². The lowest BCUT2D eigenvalue weighted by atomic mass is 10.1. The van der Waals surface area contributed by atoms with E-state index in [1.165, 1.54) is 10.7 Å². The van der Waals surface area contributed by atoms with Crippen molar-refractivity contribution in [2.24, 2.45) is 0 Å². The van der Waals surface area contributed by atoms with Gasteiger partial charge in [-0.1, -0.05) is 23.2 Å². The number of pyridine rings is 1. The quantitative estimate of drug-likeness (QED) is 0.437. The topological polar surface area (TPSA) is 73.8 Å². The van der Waals surface area contributed by atoms with E-state index in [0.717, 1.165) is 5.56 Å². The highest BCUT2D eigenvalue weighted by atomic mass is 79.9. The molecule has 3 heterocycles. The molecule has 4 aromatic rings. The minimum Gasteiger partial charge on any atom is -0.401 e. The van der Waals surface area contributed by atoms with Crippen LogP contribution in [0.25, 0.3) is 28.3 Å². The van der Waals surface area contributed by atoms with Gasteiger partial charge in [-0.05, 0) is 52.7 Å². The number of aryl methyl sites for hydroxylation is 1. The van der Waals surface area contributed by atoms with Gasteiger partial charge in [-0.25, -0.2) is 19.4 Å². The molecule has 0 spiro atoms. The highest BCUT2D eigenvalue weighted by Gasteiger charge is 2.21. The minimum atomic E-state index is -0.539. The average molecular weight is 452 g/mol. The SMILES string of the molecule is Cc1cc(Cl)cc2c(=O)oc(-c3c(Br)cnn3-c3ncccc3Cl)nc12. The zero-order valence-electron chi connectivity index (χ0n) is 13.2. The molecular formula is C17H9BrCl2N4O2. The number of halogens is 3. The molecule has 0 saturated heterocycles. The van der Waals surface area contributed by atoms with E-state index in [1.807, 2.05) is 6.92 Å². The van der Waals surface area contributed by atoms with Crippen molar-refractivity contribution in [3.05, 3.63) is 67.2 Å². The van der Waals surface area contributed by atoms with Gasteiger partial charge < -0.3 is 4.42 Å². The number of aromatic nitrogens is 4. The number of hydrogen-bond donors (Lipinski definition) is 0. The van der Waals surface area contributed by atoms with Crippen LogP contribution in [-0.4, -0.2) is 19.7 Å². The maximum Gasteiger partial charge on any atom is 0.347 e. The summed E-state index contributed by atoms with van der Waals surface area (Å²) in [5.74, 6) is 0.492. The number of rotatable bonds is 2. The van der Waals surface area contributed by atoms with Crippen molar-refractivity contribution in [3.63, 3.8) is 0 Å². The Bertz CT molecular complexity index is 1220. The van der Waals surface area contributed by atoms with E-state index in [0.29, 0.717) is 36.9 Å². The molecule has 9 heteroatoms. The Kier molecular flexibility index (Phi) is 4.30. The average Bonchev–Trinajstić information content (AvgIpc) is 2.97. The van der Waals surface area contributed by atoms with Crippen molar-refractivity contribution >= 4 is 50.0 Å². The summed E-state index contributed by atoms with van der Waals surface area (Å²) >= 11 is 15.7. The Morgan fingerprint density at radius 1 is 1.27 bits per heavy atom. The van der Waals surface area contributed by atoms with Gasteiger partial charge in [-0.2, -0.15) is 5.10 Å². The summed E-state index contributed by atoms with van der Waals surface area (Å²) in [6, 6.07) is 6.68. The van der Waals surface area contributed by atoms with Crippen LogP contribution in [-0.2, 0) is 0 Å². The van der Waals surface area contributed by atoms with Gasteiger partial charge in [0.05, 0.1) is 26.6 Å². The molecule has 0 aliphatic heterocycles. The first-order valence-corrected chi connectivity index (χ1v) is 8.96. The fourth-order valence-electron chi connectivity index (χ4n) is 2.62. The molecule has 0 fully saturated rings. The molecule has 130 valence electrons. The molecule has 0 saturated carbocycles. The van der Waals surface area contributed by atoms with Gasteiger partial charge in [0.15, 0.2) is 5.82 Å². The van der Waals surface area contributed by atoms with Gasteiger partial charge >= 0.3 is 5.63 Å². The summed E-state index contributed by atoms with van der Waals surface area (Å²) in [6.07, 6.45) is 3.15. The predicted molar refractivity (Wildman–Crippen MR) is 103 cm³/mol. The standard InChI is InChI=1S/C17H9BrCl2N4O2/c1-8-5-9(19)6-10-13(8)23-16(26-17(10)25)14-11(18)7-22-24(14)15-12(20)3-2-4-21-15/h2-7H,1H3. The first-order chi connectivity index (χ1) is 12.5. The van der Waals surface area contributed by atoms with Crippen molar-refractivity contribution in [1.82, 2.24) is 19.7 Å². The number of fused-ring (bicyclic) bond motifs is 1. The molecule has 4 rings (SSSR count). The lowest BCUT2D eigenvalue weighted by molar-refractivity contribution is 0.513. The second-order valence-corrected chi connectivity index (χ2v) is 7.19. The van der Waals surface area contributed by atoms with Crippen molar-refractivity contribution in [3.8, 4) is 17.4 Å². The molecule has 0 atom stereocenters. The second-order valence-electron chi connectivity index (χ2n) is 5.49. The molecule has 0 bridgehead atoms. The molecule has 0 aliphatic carbocycles. The molecule has 0 N–H and O–H groups in total. The zero-order chi connectivity index (χ0) is 18.4. The lowest BCUT2D eigenvalue weighted by Crippen LogP contribution is -2.08. The minimum absolute atomic E-state index is 0.0963. The van der Waals surface area contributed by atoms with Crippen molar-refractivity contribution < 1.29 is 4.42 Å². The highest BCUT2D eigenvalue weighted by Crippen LogP contribution is 2.31. The summed E-state index contributed by atoms with van der Waals surface area (Å²) in [5, 5.41) is 5.43. The van der Waals surface area contributed by atoms with Crippen LogP contribution < -0.4 is 5.63 Å². The molecular weight excluding hydrogens is 443 g/mol. The number of hydrogen-bond acceptors (Lipinski definition) is 5. The highest BCUT2D eigenvalue weighted by molar-refractivity contribution is 9.10. The molecule has 3 aromatic heterocycles. The van der Waals surface area contributed by atoms with Crippen LogP contribution in [0.2, 0.25) is 10.0 Å². The Labute approximate surface area is 165 Å². The molecule has 0 unspecified atom stereocenters. The molecule has 1 aromatic carbocycles. The van der Waals surface area contributed by atoms with E-state index in [4.69, 9.17) is 27.6 Å². The van der Waals surface area contributed by atoms with E-state index in [9.17, 15) is 4.79 Å². The Morgan fingerprint density at radius 3 is 2.85 bits per heavy atom. The molecule has 0 amide bonds. The third kappa shape index (κ3) is 2.82. The van der Waals surface area contributed by atoms with Crippen LogP contribution in [0.1, 0.15) is 5.56 Å². The second kappa shape index (κ2) is 6.50. The summed E-state index contributed by atoms with van der Waals surface area (Å²) in [7, 11) is 0. The summed E-state index contributed by atoms with van der Waals surface area (Å²) in [6.45, 7) is 1.83. The molecule has 6 nitrogen and oxygen atoms in total. The monoisotopic (exact) mass is 450 g/mol. The van der Waals surface area contributed by atoms with Crippen LogP contribution in [0, 0.1) is 6.92 Å². The van der Waals surface area contributed by atoms with E-state index < -0.39 is 5.63 Å². The van der Waals surface area contributed by atoms with Gasteiger partial charge in [-0.15, -0.1) is 0 Å². The van der Waals surface area contributed by atoms with Crippen LogP contribution in [0.4, 0.5) is 0 Å². The zero-order valence-corrected chi connectivity index (χ0v) is 16.3. The summed E-state index contributed by atoms with van der Waals surface area (Å²) in [4.78, 5) is 21.2. The Hall–Kier alpha value is -2.22. The van der Waals surface area contributed by atoms with Crippen molar-refractivity contribution in [2.75, 3.05) is 0 Å². The van der Waals surface area contributed by atoms with Crippen molar-refractivity contribution in [1.29, 1.82) is 0 Å². The number of benzene rings is 1. The first kappa shape index (κ1) is 17.2. The van der Waals surface area contributed by atoms with Crippen LogP contribution in [0.15, 0.2) is 50.3 Å². The Morgan fingerprint density at radius 2 is 2.08 bits per heavy atom. The smallest absolute Gasteiger partial charge is 0.347 e. The van der Waals surface area contributed by atoms with Gasteiger partial charge in [0, 0.05) is 11.2 Å². The van der Waals surface area contributed by atoms with Gasteiger partial charge in [-0.3, -0.25) is 0 Å². The molecule has 0 radical (unpaired) electrons. The molecule has 0 aliphatic rings. The fraction of sp³-hybridized carbons (Fsp3) is 0.0588. The molecule has 26 heavy (non-hydrogen) atoms. The van der Waals surface area contributed by atoms with E-state index >= 15 is 0 Å². The van der Waals surface area contributed by atoms with E-state index in [1.54, 1.807) is 30.6 Å². The maximum absolute atomic E-state index is 12.5. The summed E-state index contributed by atoms with van der Waals surface area (Å²) in [5.41, 5.74) is 1.16. The first-order valence-electron chi connectivity index (χ1n) is 7.41. The summed E-state index contributed by atoms with van der Waals surface area (Å²) < 4.78 is 7.49. The Balaban J connectivity index is 2.02. The van der Waals surface area contributed by atoms with Gasteiger partial charge in [0.2, 0.25) is 0 Å². The van der Waals surface area contributed by atoms with Gasteiger partial charge in [0.1, 0.15) is 5.69 Å². The van der Waals surface area contributed by atoms with Crippen LogP contribution in [0.3, 0.4) is 0 Å². The van der Waals surface area contributed by atoms with Gasteiger partial charge in [0.25, 0.3) is 5.89 Å². The normalized spacial score (nSPS) is 11.2. The van der Waals surface area contributed by atoms with Crippen LogP contribution in [0.5, 0.6) is 0 Å². The third-order valence-electron chi connectivity index (χ3n) is 3.75. The van der Waals surface area contributed by atoms with Crippen molar-refractivity contribution in [2.45, 2.75) is 6.92 Å². The van der Waals surface area contributed by atoms with Crippen LogP contribution >= 0.6 is 39.1 Å². The fourth-order valence-corrected chi connectivity index (χ4v) is 3.53. The van der Waals surface area contributed by atoms with E-state index in [-0.39, 0.29) is 5.89 Å². The predicted octanol–water partition coefficient (Wildman–Crippen LogP) is 4.81. The maximum atomic E-state index is 12.5. The lowest BCUT2D eigenvalue weighted by Gasteiger charge is -2.08. The number of nitrogens with zero attached hydrogens (tertiary/aromatic N) is 4. The largest absolute Gasteiger partial charge is 0.401 e.